The molecule has 138 valence electrons. The lowest BCUT2D eigenvalue weighted by molar-refractivity contribution is 0.0520. The molecule has 2 unspecified atom stereocenters. The largest absolute Gasteiger partial charge is 0.494 e. The summed E-state index contributed by atoms with van der Waals surface area (Å²) in [6.45, 7) is 5.19. The molecule has 2 aliphatic rings. The first-order valence-electron chi connectivity index (χ1n) is 9.69. The zero-order valence-corrected chi connectivity index (χ0v) is 15.2. The number of ether oxygens (including phenoxy) is 2. The van der Waals surface area contributed by atoms with Crippen molar-refractivity contribution in [3.63, 3.8) is 0 Å². The summed E-state index contributed by atoms with van der Waals surface area (Å²) in [6.07, 6.45) is 7.59. The van der Waals surface area contributed by atoms with Crippen LogP contribution in [0.1, 0.15) is 51.9 Å². The predicted octanol–water partition coefficient (Wildman–Crippen LogP) is 4.43. The van der Waals surface area contributed by atoms with Crippen molar-refractivity contribution < 1.29 is 14.3 Å². The van der Waals surface area contributed by atoms with Crippen LogP contribution in [0.15, 0.2) is 24.3 Å². The maximum Gasteiger partial charge on any atom is 0.411 e. The highest BCUT2D eigenvalue weighted by atomic mass is 16.6. The van der Waals surface area contributed by atoms with Crippen molar-refractivity contribution in [3.8, 4) is 5.75 Å². The molecule has 1 aromatic carbocycles. The Balaban J connectivity index is 1.45. The van der Waals surface area contributed by atoms with Gasteiger partial charge < -0.3 is 14.4 Å². The number of carbonyl (C=O) groups excluding carboxylic acids is 1. The topological polar surface area (TPSA) is 50.8 Å². The van der Waals surface area contributed by atoms with Crippen molar-refractivity contribution in [1.29, 1.82) is 0 Å². The number of amides is 1. The Morgan fingerprint density at radius 2 is 1.92 bits per heavy atom. The van der Waals surface area contributed by atoms with Crippen LogP contribution in [0.25, 0.3) is 0 Å². The molecule has 3 rings (SSSR count). The van der Waals surface area contributed by atoms with E-state index in [0.29, 0.717) is 12.6 Å². The average Bonchev–Trinajstić information content (AvgIpc) is 3.16. The molecule has 1 heterocycles. The molecule has 0 radical (unpaired) electrons. The molecule has 0 spiro atoms. The van der Waals surface area contributed by atoms with E-state index in [9.17, 15) is 4.79 Å². The lowest BCUT2D eigenvalue weighted by Crippen LogP contribution is -2.40. The molecule has 1 aliphatic heterocycles. The van der Waals surface area contributed by atoms with E-state index in [1.54, 1.807) is 0 Å². The van der Waals surface area contributed by atoms with Gasteiger partial charge in [-0.15, -0.1) is 0 Å². The van der Waals surface area contributed by atoms with E-state index in [4.69, 9.17) is 9.47 Å². The number of carbonyl (C=O) groups is 1. The minimum absolute atomic E-state index is 0.0338. The first-order valence-corrected chi connectivity index (χ1v) is 9.69. The van der Waals surface area contributed by atoms with Gasteiger partial charge in [-0.1, -0.05) is 6.92 Å². The summed E-state index contributed by atoms with van der Waals surface area (Å²) in [5, 5.41) is 2.83. The summed E-state index contributed by atoms with van der Waals surface area (Å²) < 4.78 is 11.2. The van der Waals surface area contributed by atoms with Crippen LogP contribution in [0.5, 0.6) is 5.75 Å². The number of nitrogens with zero attached hydrogens (tertiary/aromatic N) is 1. The van der Waals surface area contributed by atoms with Crippen LogP contribution in [0.4, 0.5) is 10.5 Å². The van der Waals surface area contributed by atoms with Crippen molar-refractivity contribution in [3.05, 3.63) is 24.3 Å². The maximum atomic E-state index is 12.2. The Labute approximate surface area is 150 Å². The quantitative estimate of drug-likeness (QED) is 0.828. The van der Waals surface area contributed by atoms with Crippen molar-refractivity contribution >= 4 is 11.8 Å². The molecular weight excluding hydrogens is 316 g/mol. The number of benzene rings is 1. The normalized spacial score (nSPS) is 24.0. The van der Waals surface area contributed by atoms with Crippen molar-refractivity contribution in [2.75, 3.05) is 25.0 Å². The van der Waals surface area contributed by atoms with Crippen molar-refractivity contribution in [1.82, 2.24) is 4.90 Å². The summed E-state index contributed by atoms with van der Waals surface area (Å²) in [5.41, 5.74) is 0.737. The van der Waals surface area contributed by atoms with Gasteiger partial charge in [-0.05, 0) is 75.9 Å². The van der Waals surface area contributed by atoms with Gasteiger partial charge in [-0.3, -0.25) is 5.32 Å². The lowest BCUT2D eigenvalue weighted by Gasteiger charge is -2.34. The van der Waals surface area contributed by atoms with E-state index in [1.807, 2.05) is 24.3 Å². The van der Waals surface area contributed by atoms with Crippen LogP contribution < -0.4 is 10.1 Å². The van der Waals surface area contributed by atoms with Crippen molar-refractivity contribution in [2.24, 2.45) is 0 Å². The van der Waals surface area contributed by atoms with Gasteiger partial charge in [0, 0.05) is 18.2 Å². The Morgan fingerprint density at radius 3 is 2.64 bits per heavy atom. The Morgan fingerprint density at radius 1 is 1.16 bits per heavy atom. The second-order valence-corrected chi connectivity index (χ2v) is 7.09. The number of anilines is 1. The van der Waals surface area contributed by atoms with Gasteiger partial charge >= 0.3 is 6.09 Å². The smallest absolute Gasteiger partial charge is 0.411 e. The minimum atomic E-state index is -0.353. The van der Waals surface area contributed by atoms with Crippen LogP contribution >= 0.6 is 0 Å². The van der Waals surface area contributed by atoms with E-state index in [1.165, 1.54) is 32.4 Å². The second-order valence-electron chi connectivity index (χ2n) is 7.09. The molecule has 1 aromatic rings. The summed E-state index contributed by atoms with van der Waals surface area (Å²) in [5.74, 6) is 0.821. The molecule has 5 heteroatoms. The standard InChI is InChI=1S/C20H30N2O3/c1-2-14-24-18-10-8-16(9-11-18)21-20(23)25-19-7-5-6-17(15-19)22-12-3-4-13-22/h8-11,17,19H,2-7,12-15H2,1H3,(H,21,23). The van der Waals surface area contributed by atoms with E-state index < -0.39 is 0 Å². The van der Waals surface area contributed by atoms with Crippen LogP contribution in [-0.2, 0) is 4.74 Å². The predicted molar refractivity (Wildman–Crippen MR) is 99.2 cm³/mol. The molecule has 2 atom stereocenters. The fourth-order valence-corrected chi connectivity index (χ4v) is 3.82. The van der Waals surface area contributed by atoms with Crippen LogP contribution in [-0.4, -0.2) is 42.8 Å². The molecule has 1 N–H and O–H groups in total. The lowest BCUT2D eigenvalue weighted by atomic mass is 9.92. The Bertz CT molecular complexity index is 540. The molecule has 0 aromatic heterocycles. The molecule has 5 nitrogen and oxygen atoms in total. The zero-order valence-electron chi connectivity index (χ0n) is 15.2. The number of nitrogens with one attached hydrogen (secondary N) is 1. The van der Waals surface area contributed by atoms with Crippen LogP contribution in [0.2, 0.25) is 0 Å². The highest BCUT2D eigenvalue weighted by Gasteiger charge is 2.30. The minimum Gasteiger partial charge on any atom is -0.494 e. The number of hydrogen-bond donors (Lipinski definition) is 1. The molecule has 1 saturated heterocycles. The third kappa shape index (κ3) is 5.36. The van der Waals surface area contributed by atoms with E-state index in [-0.39, 0.29) is 12.2 Å². The number of rotatable bonds is 6. The molecule has 2 fully saturated rings. The van der Waals surface area contributed by atoms with Gasteiger partial charge in [-0.25, -0.2) is 4.79 Å². The molecule has 1 amide bonds. The van der Waals surface area contributed by atoms with Gasteiger partial charge in [0.25, 0.3) is 0 Å². The molecule has 1 aliphatic carbocycles. The highest BCUT2D eigenvalue weighted by molar-refractivity contribution is 5.84. The zero-order chi connectivity index (χ0) is 17.5. The van der Waals surface area contributed by atoms with E-state index in [2.05, 4.69) is 17.1 Å². The van der Waals surface area contributed by atoms with Gasteiger partial charge in [0.2, 0.25) is 0 Å². The van der Waals surface area contributed by atoms with Gasteiger partial charge in [0.15, 0.2) is 0 Å². The number of likely N-dealkylation sites (tertiary alicyclic amines) is 1. The van der Waals surface area contributed by atoms with Crippen molar-refractivity contribution in [2.45, 2.75) is 64.0 Å². The molecule has 1 saturated carbocycles. The second kappa shape index (κ2) is 9.09. The molecular formula is C20H30N2O3. The monoisotopic (exact) mass is 346 g/mol. The Hall–Kier alpha value is -1.75. The van der Waals surface area contributed by atoms with Crippen LogP contribution in [0, 0.1) is 0 Å². The first-order chi connectivity index (χ1) is 12.2. The molecule has 25 heavy (non-hydrogen) atoms. The Kier molecular flexibility index (Phi) is 6.56. The van der Waals surface area contributed by atoms with Gasteiger partial charge in [0.05, 0.1) is 6.61 Å². The third-order valence-corrected chi connectivity index (χ3v) is 5.10. The van der Waals surface area contributed by atoms with Crippen LogP contribution in [0.3, 0.4) is 0 Å². The third-order valence-electron chi connectivity index (χ3n) is 5.10. The fourth-order valence-electron chi connectivity index (χ4n) is 3.82. The fraction of sp³-hybridized carbons (Fsp3) is 0.650. The summed E-state index contributed by atoms with van der Waals surface area (Å²) in [4.78, 5) is 14.8. The summed E-state index contributed by atoms with van der Waals surface area (Å²) in [6, 6.07) is 8.02. The maximum absolute atomic E-state index is 12.2. The van der Waals surface area contributed by atoms with E-state index >= 15 is 0 Å². The average molecular weight is 346 g/mol. The van der Waals surface area contributed by atoms with Gasteiger partial charge in [0.1, 0.15) is 11.9 Å². The summed E-state index contributed by atoms with van der Waals surface area (Å²) in [7, 11) is 0. The summed E-state index contributed by atoms with van der Waals surface area (Å²) >= 11 is 0. The van der Waals surface area contributed by atoms with E-state index in [0.717, 1.165) is 37.1 Å². The molecule has 0 bridgehead atoms. The first kappa shape index (κ1) is 18.1. The number of hydrogen-bond acceptors (Lipinski definition) is 4. The highest BCUT2D eigenvalue weighted by Crippen LogP contribution is 2.28. The SMILES string of the molecule is CCCOc1ccc(NC(=O)OC2CCCC(N3CCCC3)C2)cc1. The van der Waals surface area contributed by atoms with Gasteiger partial charge in [-0.2, -0.15) is 0 Å².